The van der Waals surface area contributed by atoms with Crippen LogP contribution in [-0.4, -0.2) is 11.6 Å². The molecule has 3 aliphatic rings. The van der Waals surface area contributed by atoms with Crippen LogP contribution in [0.3, 0.4) is 0 Å². The summed E-state index contributed by atoms with van der Waals surface area (Å²) in [5.74, 6) is 1.08. The fraction of sp³-hybridized carbons (Fsp3) is 0.0370. The summed E-state index contributed by atoms with van der Waals surface area (Å²) >= 11 is 0. The molecule has 0 saturated carbocycles. The molecular weight excluding hydrogens is 372 g/mol. The van der Waals surface area contributed by atoms with Crippen molar-refractivity contribution in [3.63, 3.8) is 0 Å². The van der Waals surface area contributed by atoms with Crippen LogP contribution in [0.1, 0.15) is 38.3 Å². The summed E-state index contributed by atoms with van der Waals surface area (Å²) in [4.78, 5) is 26.8. The van der Waals surface area contributed by atoms with Crippen LogP contribution < -0.4 is 0 Å². The van der Waals surface area contributed by atoms with Crippen molar-refractivity contribution in [2.24, 2.45) is 0 Å². The third-order valence-electron chi connectivity index (χ3n) is 6.44. The van der Waals surface area contributed by atoms with Crippen molar-refractivity contribution < 1.29 is 14.3 Å². The molecule has 0 N–H and O–H groups in total. The first-order valence-electron chi connectivity index (χ1n) is 10.00. The molecule has 0 unspecified atom stereocenters. The van der Waals surface area contributed by atoms with Gasteiger partial charge in [-0.3, -0.25) is 9.59 Å². The molecule has 7 rings (SSSR count). The molecule has 30 heavy (non-hydrogen) atoms. The number of Topliss-reactive ketones (excluding diaryl/α,β-unsaturated/α-hetero) is 2. The maximum absolute atomic E-state index is 13.4. The molecule has 1 heterocycles. The number of ether oxygens (including phenoxy) is 1. The third-order valence-corrected chi connectivity index (χ3v) is 6.44. The number of hydrogen-bond donors (Lipinski definition) is 0. The fourth-order valence-corrected chi connectivity index (χ4v) is 5.13. The van der Waals surface area contributed by atoms with Crippen molar-refractivity contribution >= 4 is 44.6 Å². The van der Waals surface area contributed by atoms with Crippen LogP contribution in [0.25, 0.3) is 33.1 Å². The molecule has 0 spiro atoms. The number of ketones is 2. The van der Waals surface area contributed by atoms with Crippen LogP contribution in [0.2, 0.25) is 0 Å². The smallest absolute Gasteiger partial charge is 0.193 e. The fourth-order valence-electron chi connectivity index (χ4n) is 5.13. The monoisotopic (exact) mass is 386 g/mol. The van der Waals surface area contributed by atoms with Crippen LogP contribution in [0.4, 0.5) is 0 Å². The average molecular weight is 386 g/mol. The zero-order valence-corrected chi connectivity index (χ0v) is 15.9. The van der Waals surface area contributed by atoms with E-state index >= 15 is 0 Å². The molecule has 1 aliphatic heterocycles. The lowest BCUT2D eigenvalue weighted by Gasteiger charge is -2.32. The number of allylic oxidation sites excluding steroid dienone is 2. The number of rotatable bonds is 0. The molecule has 4 aromatic rings. The van der Waals surface area contributed by atoms with Gasteiger partial charge in [0.2, 0.25) is 0 Å². The summed E-state index contributed by atoms with van der Waals surface area (Å²) < 4.78 is 6.45. The van der Waals surface area contributed by atoms with Crippen molar-refractivity contribution in [2.75, 3.05) is 0 Å². The Bertz CT molecular complexity index is 1440. The van der Waals surface area contributed by atoms with Gasteiger partial charge in [0.15, 0.2) is 11.6 Å². The van der Waals surface area contributed by atoms with Gasteiger partial charge in [-0.1, -0.05) is 72.8 Å². The summed E-state index contributed by atoms with van der Waals surface area (Å²) in [5, 5.41) is 3.88. The van der Waals surface area contributed by atoms with Crippen LogP contribution in [0, 0.1) is 0 Å². The van der Waals surface area contributed by atoms with E-state index in [9.17, 15) is 9.59 Å². The topological polar surface area (TPSA) is 43.4 Å². The van der Waals surface area contributed by atoms with Crippen molar-refractivity contribution in [2.45, 2.75) is 6.42 Å². The predicted molar refractivity (Wildman–Crippen MR) is 116 cm³/mol. The molecular formula is C27H14O3. The van der Waals surface area contributed by atoms with E-state index in [0.29, 0.717) is 33.8 Å². The van der Waals surface area contributed by atoms with E-state index < -0.39 is 0 Å². The van der Waals surface area contributed by atoms with Gasteiger partial charge < -0.3 is 4.74 Å². The van der Waals surface area contributed by atoms with Crippen molar-refractivity contribution in [3.05, 3.63) is 106 Å². The predicted octanol–water partition coefficient (Wildman–Crippen LogP) is 5.93. The van der Waals surface area contributed by atoms with Gasteiger partial charge in [-0.15, -0.1) is 0 Å². The molecule has 3 nitrogen and oxygen atoms in total. The largest absolute Gasteiger partial charge is 0.455 e. The minimum absolute atomic E-state index is 0.0503. The van der Waals surface area contributed by atoms with E-state index in [1.54, 1.807) is 0 Å². The third kappa shape index (κ3) is 1.80. The Hall–Kier alpha value is -3.98. The minimum atomic E-state index is -0.0503. The Morgan fingerprint density at radius 2 is 0.933 bits per heavy atom. The maximum Gasteiger partial charge on any atom is 0.193 e. The van der Waals surface area contributed by atoms with E-state index in [1.807, 2.05) is 72.8 Å². The zero-order valence-electron chi connectivity index (χ0n) is 15.9. The lowest BCUT2D eigenvalue weighted by molar-refractivity contribution is 0.102. The maximum atomic E-state index is 13.4. The standard InChI is InChI=1S/C27H14O3/c28-24-16-9-1-5-14-7-3-11-18(22(14)16)26-20(24)13-21-25(29)17-10-2-6-15-8-4-12-19(23(15)17)27(21)30-26/h1-12H,13H2. The molecule has 0 saturated heterocycles. The number of carbonyl (C=O) groups is 2. The van der Waals surface area contributed by atoms with Crippen LogP contribution >= 0.6 is 0 Å². The molecule has 0 atom stereocenters. The highest BCUT2D eigenvalue weighted by Crippen LogP contribution is 2.48. The van der Waals surface area contributed by atoms with Crippen molar-refractivity contribution in [1.29, 1.82) is 0 Å². The SMILES string of the molecule is O=C1C2=C(OC3=C(C2)C(=O)c2cccc4cccc3c24)c2cccc3cccc1c23. The first-order valence-corrected chi connectivity index (χ1v) is 10.00. The van der Waals surface area contributed by atoms with E-state index in [-0.39, 0.29) is 18.0 Å². The molecule has 0 bridgehead atoms. The Labute approximate surface area is 171 Å². The van der Waals surface area contributed by atoms with Crippen molar-refractivity contribution in [3.8, 4) is 0 Å². The Morgan fingerprint density at radius 3 is 1.37 bits per heavy atom. The minimum Gasteiger partial charge on any atom is -0.455 e. The lowest BCUT2D eigenvalue weighted by Crippen LogP contribution is -2.23. The summed E-state index contributed by atoms with van der Waals surface area (Å²) in [6.45, 7) is 0. The Balaban J connectivity index is 1.50. The van der Waals surface area contributed by atoms with Crippen molar-refractivity contribution in [1.82, 2.24) is 0 Å². The van der Waals surface area contributed by atoms with Gasteiger partial charge >= 0.3 is 0 Å². The van der Waals surface area contributed by atoms with Gasteiger partial charge in [-0.2, -0.15) is 0 Å². The highest BCUT2D eigenvalue weighted by Gasteiger charge is 2.39. The second kappa shape index (κ2) is 5.33. The van der Waals surface area contributed by atoms with Crippen LogP contribution in [0.15, 0.2) is 83.9 Å². The van der Waals surface area contributed by atoms with Gasteiger partial charge in [0, 0.05) is 50.6 Å². The first kappa shape index (κ1) is 15.9. The van der Waals surface area contributed by atoms with Crippen LogP contribution in [-0.2, 0) is 4.74 Å². The quantitative estimate of drug-likeness (QED) is 0.376. The summed E-state index contributed by atoms with van der Waals surface area (Å²) in [7, 11) is 0. The summed E-state index contributed by atoms with van der Waals surface area (Å²) in [5.41, 5.74) is 4.34. The number of benzene rings is 4. The van der Waals surface area contributed by atoms with Gasteiger partial charge in [-0.25, -0.2) is 0 Å². The van der Waals surface area contributed by atoms with E-state index in [0.717, 1.165) is 32.7 Å². The molecule has 0 radical (unpaired) electrons. The average Bonchev–Trinajstić information content (AvgIpc) is 2.80. The van der Waals surface area contributed by atoms with Gasteiger partial charge in [0.25, 0.3) is 0 Å². The van der Waals surface area contributed by atoms with Gasteiger partial charge in [0.05, 0.1) is 0 Å². The van der Waals surface area contributed by atoms with Crippen LogP contribution in [0.5, 0.6) is 0 Å². The molecule has 140 valence electrons. The highest BCUT2D eigenvalue weighted by atomic mass is 16.5. The Morgan fingerprint density at radius 1 is 0.533 bits per heavy atom. The van der Waals surface area contributed by atoms with E-state index in [1.165, 1.54) is 0 Å². The molecule has 3 heteroatoms. The number of carbonyl (C=O) groups excluding carboxylic acids is 2. The number of fused-ring (bicyclic) bond motifs is 2. The van der Waals surface area contributed by atoms with Gasteiger partial charge in [-0.05, 0) is 10.8 Å². The molecule has 2 aliphatic carbocycles. The van der Waals surface area contributed by atoms with Gasteiger partial charge in [0.1, 0.15) is 11.5 Å². The van der Waals surface area contributed by atoms with E-state index in [4.69, 9.17) is 4.74 Å². The molecule has 0 aromatic heterocycles. The summed E-state index contributed by atoms with van der Waals surface area (Å²) in [6.07, 6.45) is 0.289. The first-order chi connectivity index (χ1) is 14.7. The van der Waals surface area contributed by atoms with E-state index in [2.05, 4.69) is 0 Å². The summed E-state index contributed by atoms with van der Waals surface area (Å²) in [6, 6.07) is 23.5. The lowest BCUT2D eigenvalue weighted by atomic mass is 9.78. The zero-order chi connectivity index (χ0) is 20.0. The number of hydrogen-bond acceptors (Lipinski definition) is 3. The highest BCUT2D eigenvalue weighted by molar-refractivity contribution is 6.29. The molecule has 4 aromatic carbocycles. The molecule has 0 amide bonds. The second-order valence-electron chi connectivity index (χ2n) is 7.97. The normalized spacial score (nSPS) is 16.7. The Kier molecular flexibility index (Phi) is 2.82. The second-order valence-corrected chi connectivity index (χ2v) is 7.97. The molecule has 0 fully saturated rings.